The molecule has 0 bridgehead atoms. The molecule has 0 radical (unpaired) electrons. The highest BCUT2D eigenvalue weighted by Gasteiger charge is 2.24. The predicted octanol–water partition coefficient (Wildman–Crippen LogP) is 1.90. The van der Waals surface area contributed by atoms with E-state index in [-0.39, 0.29) is 22.8 Å². The number of hydrogen-bond acceptors (Lipinski definition) is 6. The quantitative estimate of drug-likeness (QED) is 0.883. The lowest BCUT2D eigenvalue weighted by Crippen LogP contribution is -1.96. The van der Waals surface area contributed by atoms with Gasteiger partial charge in [0.1, 0.15) is 5.69 Å². The molecule has 106 valence electrons. The van der Waals surface area contributed by atoms with Gasteiger partial charge in [-0.1, -0.05) is 5.16 Å². The second-order valence-corrected chi connectivity index (χ2v) is 3.70. The first-order chi connectivity index (χ1) is 9.49. The van der Waals surface area contributed by atoms with Crippen molar-refractivity contribution in [3.63, 3.8) is 0 Å². The minimum Gasteiger partial charge on any atom is -0.504 e. The fraction of sp³-hybridized carbons (Fsp3) is 0.167. The SMILES string of the molecule is COc1cc(F)c(O)c(-c2cc(C(=O)O)on2)c1OC. The van der Waals surface area contributed by atoms with Gasteiger partial charge in [-0.2, -0.15) is 0 Å². The Morgan fingerprint density at radius 3 is 2.55 bits per heavy atom. The molecule has 0 unspecified atom stereocenters. The standard InChI is InChI=1S/C12H10FNO6/c1-18-7-3-5(13)10(15)9(11(7)19-2)6-4-8(12(16)17)20-14-6/h3-4,15H,1-2H3,(H,16,17). The molecule has 2 N–H and O–H groups in total. The second-order valence-electron chi connectivity index (χ2n) is 3.70. The first-order valence-corrected chi connectivity index (χ1v) is 5.33. The van der Waals surface area contributed by atoms with Gasteiger partial charge < -0.3 is 24.2 Å². The highest BCUT2D eigenvalue weighted by Crippen LogP contribution is 2.45. The van der Waals surface area contributed by atoms with Crippen molar-refractivity contribution < 1.29 is 33.4 Å². The molecule has 0 saturated heterocycles. The van der Waals surface area contributed by atoms with Crippen molar-refractivity contribution in [2.75, 3.05) is 14.2 Å². The molecule has 0 spiro atoms. The smallest absolute Gasteiger partial charge is 0.374 e. The topological polar surface area (TPSA) is 102 Å². The summed E-state index contributed by atoms with van der Waals surface area (Å²) in [6.07, 6.45) is 0. The van der Waals surface area contributed by atoms with Crippen LogP contribution in [0.15, 0.2) is 16.7 Å². The van der Waals surface area contributed by atoms with Gasteiger partial charge in [-0.25, -0.2) is 9.18 Å². The van der Waals surface area contributed by atoms with Gasteiger partial charge in [0.15, 0.2) is 23.1 Å². The van der Waals surface area contributed by atoms with E-state index in [1.54, 1.807) is 0 Å². The van der Waals surface area contributed by atoms with E-state index in [0.717, 1.165) is 12.1 Å². The third kappa shape index (κ3) is 2.11. The Balaban J connectivity index is 2.70. The molecule has 0 aliphatic heterocycles. The fourth-order valence-electron chi connectivity index (χ4n) is 1.68. The zero-order valence-electron chi connectivity index (χ0n) is 10.5. The molecule has 1 aromatic carbocycles. The van der Waals surface area contributed by atoms with Crippen molar-refractivity contribution in [3.05, 3.63) is 23.7 Å². The Morgan fingerprint density at radius 2 is 2.05 bits per heavy atom. The maximum absolute atomic E-state index is 13.6. The minimum atomic E-state index is -1.34. The molecule has 0 atom stereocenters. The van der Waals surface area contributed by atoms with Gasteiger partial charge in [-0.15, -0.1) is 0 Å². The number of aromatic nitrogens is 1. The van der Waals surface area contributed by atoms with Crippen LogP contribution in [-0.4, -0.2) is 35.6 Å². The molecule has 8 heteroatoms. The van der Waals surface area contributed by atoms with Crippen molar-refractivity contribution in [2.45, 2.75) is 0 Å². The molecule has 2 aromatic rings. The van der Waals surface area contributed by atoms with Crippen LogP contribution in [0.3, 0.4) is 0 Å². The number of phenolic OH excluding ortho intramolecular Hbond substituents is 1. The largest absolute Gasteiger partial charge is 0.504 e. The predicted molar refractivity (Wildman–Crippen MR) is 63.6 cm³/mol. The summed E-state index contributed by atoms with van der Waals surface area (Å²) in [6.45, 7) is 0. The van der Waals surface area contributed by atoms with Gasteiger partial charge in [0.05, 0.1) is 19.8 Å². The first kappa shape index (κ1) is 13.7. The molecule has 0 aliphatic carbocycles. The second kappa shape index (κ2) is 5.08. The summed E-state index contributed by atoms with van der Waals surface area (Å²) in [4.78, 5) is 10.7. The summed E-state index contributed by atoms with van der Waals surface area (Å²) in [6, 6.07) is 1.98. The van der Waals surface area contributed by atoms with Crippen LogP contribution in [0.2, 0.25) is 0 Å². The van der Waals surface area contributed by atoms with E-state index < -0.39 is 23.3 Å². The molecule has 0 saturated carbocycles. The number of hydrogen-bond donors (Lipinski definition) is 2. The van der Waals surface area contributed by atoms with E-state index in [2.05, 4.69) is 9.68 Å². The Kier molecular flexibility index (Phi) is 3.47. The third-order valence-corrected chi connectivity index (χ3v) is 2.57. The van der Waals surface area contributed by atoms with Crippen LogP contribution in [0.25, 0.3) is 11.3 Å². The number of carboxylic acid groups (broad SMARTS) is 1. The fourth-order valence-corrected chi connectivity index (χ4v) is 1.68. The lowest BCUT2D eigenvalue weighted by Gasteiger charge is -2.13. The number of aromatic carboxylic acids is 1. The van der Waals surface area contributed by atoms with Gasteiger partial charge in [-0.05, 0) is 0 Å². The van der Waals surface area contributed by atoms with E-state index in [1.807, 2.05) is 0 Å². The number of ether oxygens (including phenoxy) is 2. The molecule has 2 rings (SSSR count). The summed E-state index contributed by atoms with van der Waals surface area (Å²) in [5.74, 6) is -3.46. The summed E-state index contributed by atoms with van der Waals surface area (Å²) in [5.41, 5.74) is -0.241. The Morgan fingerprint density at radius 1 is 1.35 bits per heavy atom. The molecule has 0 aliphatic rings. The van der Waals surface area contributed by atoms with Crippen molar-refractivity contribution in [2.24, 2.45) is 0 Å². The Bertz CT molecular complexity index is 666. The van der Waals surface area contributed by atoms with Crippen LogP contribution in [0.5, 0.6) is 17.2 Å². The number of rotatable bonds is 4. The molecule has 0 fully saturated rings. The molecule has 1 heterocycles. The van der Waals surface area contributed by atoms with Crippen LogP contribution in [0, 0.1) is 5.82 Å². The van der Waals surface area contributed by atoms with Crippen LogP contribution in [0.1, 0.15) is 10.6 Å². The maximum atomic E-state index is 13.6. The van der Waals surface area contributed by atoms with E-state index in [0.29, 0.717) is 0 Å². The average Bonchev–Trinajstić information content (AvgIpc) is 2.90. The first-order valence-electron chi connectivity index (χ1n) is 5.33. The zero-order chi connectivity index (χ0) is 14.9. The van der Waals surface area contributed by atoms with Gasteiger partial charge >= 0.3 is 5.97 Å². The number of phenols is 1. The number of methoxy groups -OCH3 is 2. The van der Waals surface area contributed by atoms with E-state index in [9.17, 15) is 14.3 Å². The lowest BCUT2D eigenvalue weighted by atomic mass is 10.1. The highest BCUT2D eigenvalue weighted by molar-refractivity contribution is 5.87. The molecular weight excluding hydrogens is 273 g/mol. The van der Waals surface area contributed by atoms with E-state index in [4.69, 9.17) is 14.6 Å². The van der Waals surface area contributed by atoms with Crippen LogP contribution in [0.4, 0.5) is 4.39 Å². The van der Waals surface area contributed by atoms with Gasteiger partial charge in [0.2, 0.25) is 5.76 Å². The number of carboxylic acids is 1. The van der Waals surface area contributed by atoms with E-state index >= 15 is 0 Å². The summed E-state index contributed by atoms with van der Waals surface area (Å²) in [5, 5.41) is 22.0. The number of carbonyl (C=O) groups is 1. The van der Waals surface area contributed by atoms with Crippen LogP contribution < -0.4 is 9.47 Å². The lowest BCUT2D eigenvalue weighted by molar-refractivity contribution is 0.0652. The van der Waals surface area contributed by atoms with Gasteiger partial charge in [0.25, 0.3) is 0 Å². The van der Waals surface area contributed by atoms with Crippen molar-refractivity contribution in [1.29, 1.82) is 0 Å². The maximum Gasteiger partial charge on any atom is 0.374 e. The Labute approximate surface area is 112 Å². The number of halogens is 1. The average molecular weight is 283 g/mol. The monoisotopic (exact) mass is 283 g/mol. The van der Waals surface area contributed by atoms with Crippen LogP contribution in [-0.2, 0) is 0 Å². The molecule has 7 nitrogen and oxygen atoms in total. The number of nitrogens with zero attached hydrogens (tertiary/aromatic N) is 1. The Hall–Kier alpha value is -2.77. The zero-order valence-corrected chi connectivity index (χ0v) is 10.5. The van der Waals surface area contributed by atoms with E-state index in [1.165, 1.54) is 14.2 Å². The van der Waals surface area contributed by atoms with Crippen LogP contribution >= 0.6 is 0 Å². The van der Waals surface area contributed by atoms with Crippen molar-refractivity contribution in [1.82, 2.24) is 5.16 Å². The molecule has 0 amide bonds. The number of benzene rings is 1. The van der Waals surface area contributed by atoms with Gasteiger partial charge in [-0.3, -0.25) is 0 Å². The minimum absolute atomic E-state index is 0.0108. The molecule has 20 heavy (non-hydrogen) atoms. The normalized spacial score (nSPS) is 10.3. The molecular formula is C12H10FNO6. The third-order valence-electron chi connectivity index (χ3n) is 2.57. The molecule has 1 aromatic heterocycles. The summed E-state index contributed by atoms with van der Waals surface area (Å²) >= 11 is 0. The number of aromatic hydroxyl groups is 1. The summed E-state index contributed by atoms with van der Waals surface area (Å²) < 4.78 is 28.2. The van der Waals surface area contributed by atoms with Gasteiger partial charge in [0, 0.05) is 12.1 Å². The van der Waals surface area contributed by atoms with Crippen molar-refractivity contribution in [3.8, 4) is 28.5 Å². The van der Waals surface area contributed by atoms with Crippen molar-refractivity contribution >= 4 is 5.97 Å². The summed E-state index contributed by atoms with van der Waals surface area (Å²) in [7, 11) is 2.58. The highest BCUT2D eigenvalue weighted by atomic mass is 19.1.